The van der Waals surface area contributed by atoms with Crippen molar-refractivity contribution in [3.05, 3.63) is 47.4 Å². The summed E-state index contributed by atoms with van der Waals surface area (Å²) in [4.78, 5) is 16.1. The van der Waals surface area contributed by atoms with E-state index < -0.39 is 0 Å². The Morgan fingerprint density at radius 3 is 3.10 bits per heavy atom. The minimum Gasteiger partial charge on any atom is -0.343 e. The molecule has 4 rings (SSSR count). The van der Waals surface area contributed by atoms with E-state index in [1.807, 2.05) is 19.2 Å². The van der Waals surface area contributed by atoms with Crippen molar-refractivity contribution in [1.29, 1.82) is 0 Å². The van der Waals surface area contributed by atoms with Gasteiger partial charge in [0, 0.05) is 17.6 Å². The number of nitrogens with zero attached hydrogens (tertiary/aromatic N) is 3. The standard InChI is InChI=1S/C15H13N5/c1-9-4-13-14(19-9)17-8-18-15(13)20-12-3-2-10-6-16-7-11(10)5-12/h2-5,7-8H,6H2,1H3,(H2,17,18,19,20). The molecular weight excluding hydrogens is 250 g/mol. The van der Waals surface area contributed by atoms with E-state index in [-0.39, 0.29) is 0 Å². The molecule has 0 radical (unpaired) electrons. The van der Waals surface area contributed by atoms with Crippen molar-refractivity contribution in [1.82, 2.24) is 15.0 Å². The predicted molar refractivity (Wildman–Crippen MR) is 79.6 cm³/mol. The van der Waals surface area contributed by atoms with Gasteiger partial charge in [0.25, 0.3) is 0 Å². The number of hydrogen-bond acceptors (Lipinski definition) is 4. The molecule has 98 valence electrons. The van der Waals surface area contributed by atoms with Crippen LogP contribution in [0.5, 0.6) is 0 Å². The fourth-order valence-electron chi connectivity index (χ4n) is 2.49. The second-order valence-corrected chi connectivity index (χ2v) is 4.95. The van der Waals surface area contributed by atoms with E-state index in [0.717, 1.165) is 34.8 Å². The predicted octanol–water partition coefficient (Wildman–Crippen LogP) is 2.94. The fourth-order valence-corrected chi connectivity index (χ4v) is 2.49. The molecule has 0 spiro atoms. The quantitative estimate of drug-likeness (QED) is 0.747. The summed E-state index contributed by atoms with van der Waals surface area (Å²) in [7, 11) is 0. The molecule has 0 amide bonds. The highest BCUT2D eigenvalue weighted by Gasteiger charge is 2.09. The number of anilines is 2. The summed E-state index contributed by atoms with van der Waals surface area (Å²) in [5, 5.41) is 4.36. The summed E-state index contributed by atoms with van der Waals surface area (Å²) in [6.07, 6.45) is 3.48. The molecule has 0 atom stereocenters. The summed E-state index contributed by atoms with van der Waals surface area (Å²) >= 11 is 0. The first-order valence-electron chi connectivity index (χ1n) is 6.50. The lowest BCUT2D eigenvalue weighted by Gasteiger charge is -2.07. The second-order valence-electron chi connectivity index (χ2n) is 4.95. The normalized spacial score (nSPS) is 12.8. The van der Waals surface area contributed by atoms with Crippen molar-refractivity contribution in [2.45, 2.75) is 13.5 Å². The van der Waals surface area contributed by atoms with Crippen molar-refractivity contribution in [3.63, 3.8) is 0 Å². The molecule has 0 unspecified atom stereocenters. The van der Waals surface area contributed by atoms with E-state index >= 15 is 0 Å². The number of rotatable bonds is 2. The maximum absolute atomic E-state index is 4.33. The molecule has 0 fully saturated rings. The van der Waals surface area contributed by atoms with Crippen LogP contribution in [0.15, 0.2) is 35.6 Å². The number of H-pyrrole nitrogens is 1. The molecule has 0 bridgehead atoms. The first-order valence-corrected chi connectivity index (χ1v) is 6.50. The van der Waals surface area contributed by atoms with E-state index in [4.69, 9.17) is 0 Å². The van der Waals surface area contributed by atoms with Gasteiger partial charge in [0.15, 0.2) is 0 Å². The highest BCUT2D eigenvalue weighted by Crippen LogP contribution is 2.25. The number of fused-ring (bicyclic) bond motifs is 2. The van der Waals surface area contributed by atoms with Crippen LogP contribution < -0.4 is 5.32 Å². The second kappa shape index (κ2) is 4.16. The van der Waals surface area contributed by atoms with Crippen molar-refractivity contribution in [3.8, 4) is 0 Å². The number of aromatic nitrogens is 3. The third kappa shape index (κ3) is 1.75. The zero-order valence-corrected chi connectivity index (χ0v) is 11.0. The topological polar surface area (TPSA) is 66.0 Å². The molecule has 1 aliphatic rings. The van der Waals surface area contributed by atoms with Crippen LogP contribution in [0.2, 0.25) is 0 Å². The number of aromatic amines is 1. The highest BCUT2D eigenvalue weighted by atomic mass is 15.0. The fraction of sp³-hybridized carbons (Fsp3) is 0.133. The van der Waals surface area contributed by atoms with E-state index in [2.05, 4.69) is 43.5 Å². The van der Waals surface area contributed by atoms with Crippen LogP contribution in [0.4, 0.5) is 11.5 Å². The van der Waals surface area contributed by atoms with Crippen molar-refractivity contribution >= 4 is 28.8 Å². The monoisotopic (exact) mass is 263 g/mol. The molecule has 3 heterocycles. The third-order valence-electron chi connectivity index (χ3n) is 3.46. The molecule has 1 aromatic carbocycles. The number of nitrogens with one attached hydrogen (secondary N) is 2. The van der Waals surface area contributed by atoms with Gasteiger partial charge < -0.3 is 10.3 Å². The molecule has 5 heteroatoms. The SMILES string of the molecule is Cc1cc2c(Nc3ccc4c(c3)C=NC4)ncnc2[nH]1. The van der Waals surface area contributed by atoms with Gasteiger partial charge in [0.2, 0.25) is 0 Å². The van der Waals surface area contributed by atoms with Gasteiger partial charge in [-0.3, -0.25) is 4.99 Å². The van der Waals surface area contributed by atoms with Crippen molar-refractivity contribution in [2.75, 3.05) is 5.32 Å². The van der Waals surface area contributed by atoms with Crippen LogP contribution in [-0.4, -0.2) is 21.2 Å². The molecule has 0 saturated carbocycles. The first kappa shape index (κ1) is 11.2. The van der Waals surface area contributed by atoms with Gasteiger partial charge >= 0.3 is 0 Å². The Morgan fingerprint density at radius 1 is 1.20 bits per heavy atom. The van der Waals surface area contributed by atoms with Crippen LogP contribution in [-0.2, 0) is 6.54 Å². The smallest absolute Gasteiger partial charge is 0.143 e. The summed E-state index contributed by atoms with van der Waals surface area (Å²) < 4.78 is 0. The molecule has 2 N–H and O–H groups in total. The van der Waals surface area contributed by atoms with E-state index in [1.54, 1.807) is 6.33 Å². The highest BCUT2D eigenvalue weighted by molar-refractivity contribution is 5.91. The van der Waals surface area contributed by atoms with Gasteiger partial charge in [-0.2, -0.15) is 0 Å². The Morgan fingerprint density at radius 2 is 2.15 bits per heavy atom. The molecular formula is C15H13N5. The lowest BCUT2D eigenvalue weighted by atomic mass is 10.1. The molecule has 1 aliphatic heterocycles. The van der Waals surface area contributed by atoms with Crippen LogP contribution >= 0.6 is 0 Å². The average molecular weight is 263 g/mol. The molecule has 20 heavy (non-hydrogen) atoms. The zero-order valence-electron chi connectivity index (χ0n) is 11.0. The number of benzene rings is 1. The molecule has 5 nitrogen and oxygen atoms in total. The van der Waals surface area contributed by atoms with Crippen LogP contribution in [0.1, 0.15) is 16.8 Å². The average Bonchev–Trinajstić information content (AvgIpc) is 3.04. The molecule has 3 aromatic rings. The van der Waals surface area contributed by atoms with E-state index in [9.17, 15) is 0 Å². The first-order chi connectivity index (χ1) is 9.79. The molecule has 0 saturated heterocycles. The van der Waals surface area contributed by atoms with Gasteiger partial charge in [0.05, 0.1) is 11.9 Å². The van der Waals surface area contributed by atoms with Crippen LogP contribution in [0.25, 0.3) is 11.0 Å². The van der Waals surface area contributed by atoms with Gasteiger partial charge in [-0.15, -0.1) is 0 Å². The minimum atomic E-state index is 0.782. The van der Waals surface area contributed by atoms with Gasteiger partial charge in [-0.1, -0.05) is 6.07 Å². The molecule has 2 aromatic heterocycles. The summed E-state index contributed by atoms with van der Waals surface area (Å²) in [5.41, 5.74) is 5.37. The summed E-state index contributed by atoms with van der Waals surface area (Å²) in [6.45, 7) is 2.79. The van der Waals surface area contributed by atoms with Gasteiger partial charge in [-0.25, -0.2) is 9.97 Å². The lowest BCUT2D eigenvalue weighted by molar-refractivity contribution is 1.11. The van der Waals surface area contributed by atoms with Crippen molar-refractivity contribution in [2.24, 2.45) is 4.99 Å². The Hall–Kier alpha value is -2.69. The zero-order chi connectivity index (χ0) is 13.5. The summed E-state index contributed by atoms with van der Waals surface area (Å²) in [6, 6.07) is 8.30. The molecule has 0 aliphatic carbocycles. The van der Waals surface area contributed by atoms with E-state index in [1.165, 1.54) is 11.1 Å². The Labute approximate surface area is 115 Å². The van der Waals surface area contributed by atoms with Crippen LogP contribution in [0.3, 0.4) is 0 Å². The van der Waals surface area contributed by atoms with Crippen molar-refractivity contribution < 1.29 is 0 Å². The van der Waals surface area contributed by atoms with Gasteiger partial charge in [-0.05, 0) is 36.2 Å². The summed E-state index contributed by atoms with van der Waals surface area (Å²) in [5.74, 6) is 0.814. The Kier molecular flexibility index (Phi) is 2.32. The maximum atomic E-state index is 4.33. The van der Waals surface area contributed by atoms with E-state index in [0.29, 0.717) is 0 Å². The lowest BCUT2D eigenvalue weighted by Crippen LogP contribution is -1.96. The number of aliphatic imine (C=N–C) groups is 1. The third-order valence-corrected chi connectivity index (χ3v) is 3.46. The number of aryl methyl sites for hydroxylation is 1. The van der Waals surface area contributed by atoms with Gasteiger partial charge in [0.1, 0.15) is 17.8 Å². The Bertz CT molecular complexity index is 831. The Balaban J connectivity index is 1.75. The number of hydrogen-bond donors (Lipinski definition) is 2. The minimum absolute atomic E-state index is 0.782. The van der Waals surface area contributed by atoms with Crippen LogP contribution in [0, 0.1) is 6.92 Å². The maximum Gasteiger partial charge on any atom is 0.143 e. The largest absolute Gasteiger partial charge is 0.343 e.